The summed E-state index contributed by atoms with van der Waals surface area (Å²) in [6.07, 6.45) is 0. The van der Waals surface area contributed by atoms with E-state index in [1.165, 1.54) is 18.2 Å². The van der Waals surface area contributed by atoms with Crippen molar-refractivity contribution in [2.75, 3.05) is 18.5 Å². The molecule has 0 radical (unpaired) electrons. The van der Waals surface area contributed by atoms with Gasteiger partial charge in [0.2, 0.25) is 0 Å². The number of carbonyl (C=O) groups is 3. The highest BCUT2D eigenvalue weighted by atomic mass is 35.5. The van der Waals surface area contributed by atoms with Crippen LogP contribution >= 0.6 is 23.2 Å². The molecule has 0 bridgehead atoms. The fourth-order valence-corrected chi connectivity index (χ4v) is 2.92. The number of benzene rings is 2. The minimum atomic E-state index is -0.732. The van der Waals surface area contributed by atoms with Crippen molar-refractivity contribution in [3.8, 4) is 0 Å². The minimum Gasteiger partial charge on any atom is -0.454 e. The van der Waals surface area contributed by atoms with Crippen LogP contribution in [0.1, 0.15) is 36.7 Å². The molecule has 154 valence electrons. The Bertz CT molecular complexity index is 886. The molecule has 0 saturated heterocycles. The Kier molecular flexibility index (Phi) is 7.65. The molecule has 0 aliphatic heterocycles. The zero-order chi connectivity index (χ0) is 21.6. The molecule has 0 saturated carbocycles. The molecular formula is C21H22Cl2N2O4. The highest BCUT2D eigenvalue weighted by Gasteiger charge is 2.15. The van der Waals surface area contributed by atoms with Gasteiger partial charge in [-0.15, -0.1) is 0 Å². The van der Waals surface area contributed by atoms with Crippen molar-refractivity contribution >= 4 is 46.7 Å². The fourth-order valence-electron chi connectivity index (χ4n) is 2.40. The number of halogens is 2. The van der Waals surface area contributed by atoms with Crippen molar-refractivity contribution in [2.24, 2.45) is 0 Å². The van der Waals surface area contributed by atoms with E-state index >= 15 is 0 Å². The molecule has 2 amide bonds. The summed E-state index contributed by atoms with van der Waals surface area (Å²) in [5.74, 6) is -1.69. The summed E-state index contributed by atoms with van der Waals surface area (Å²) in [5, 5.41) is 5.71. The van der Waals surface area contributed by atoms with Gasteiger partial charge in [0, 0.05) is 21.3 Å². The molecule has 8 heteroatoms. The van der Waals surface area contributed by atoms with Crippen molar-refractivity contribution in [2.45, 2.75) is 26.2 Å². The van der Waals surface area contributed by atoms with Gasteiger partial charge in [-0.25, -0.2) is 0 Å². The number of ether oxygens (including phenoxy) is 1. The van der Waals surface area contributed by atoms with Crippen LogP contribution in [0.2, 0.25) is 10.0 Å². The molecule has 2 aromatic carbocycles. The minimum absolute atomic E-state index is 0.0181. The normalized spacial score (nSPS) is 10.9. The third-order valence-electron chi connectivity index (χ3n) is 3.92. The third kappa shape index (κ3) is 7.40. The van der Waals surface area contributed by atoms with Crippen LogP contribution < -0.4 is 10.6 Å². The van der Waals surface area contributed by atoms with Crippen LogP contribution in [0.4, 0.5) is 5.69 Å². The van der Waals surface area contributed by atoms with Gasteiger partial charge in [-0.2, -0.15) is 0 Å². The van der Waals surface area contributed by atoms with Crippen LogP contribution in [-0.4, -0.2) is 30.9 Å². The highest BCUT2D eigenvalue weighted by molar-refractivity contribution is 6.35. The predicted octanol–water partition coefficient (Wildman–Crippen LogP) is 4.20. The van der Waals surface area contributed by atoms with Crippen molar-refractivity contribution in [3.63, 3.8) is 0 Å². The van der Waals surface area contributed by atoms with Crippen LogP contribution in [0.15, 0.2) is 42.5 Å². The van der Waals surface area contributed by atoms with Crippen LogP contribution in [0, 0.1) is 0 Å². The van der Waals surface area contributed by atoms with Gasteiger partial charge < -0.3 is 15.4 Å². The maximum Gasteiger partial charge on any atom is 0.325 e. The quantitative estimate of drug-likeness (QED) is 0.664. The topological polar surface area (TPSA) is 84.5 Å². The van der Waals surface area contributed by atoms with Crippen molar-refractivity contribution < 1.29 is 19.1 Å². The lowest BCUT2D eigenvalue weighted by Gasteiger charge is -2.19. The van der Waals surface area contributed by atoms with E-state index in [1.54, 1.807) is 12.1 Å². The zero-order valence-corrected chi connectivity index (χ0v) is 17.9. The molecule has 0 heterocycles. The Morgan fingerprint density at radius 1 is 0.966 bits per heavy atom. The van der Waals surface area contributed by atoms with Crippen LogP contribution in [0.5, 0.6) is 0 Å². The Morgan fingerprint density at radius 2 is 1.55 bits per heavy atom. The van der Waals surface area contributed by atoms with Gasteiger partial charge in [0.25, 0.3) is 11.8 Å². The van der Waals surface area contributed by atoms with E-state index in [0.717, 1.165) is 5.56 Å². The van der Waals surface area contributed by atoms with Gasteiger partial charge in [0.1, 0.15) is 6.54 Å². The molecular weight excluding hydrogens is 415 g/mol. The van der Waals surface area contributed by atoms with Gasteiger partial charge in [-0.05, 0) is 41.3 Å². The summed E-state index contributed by atoms with van der Waals surface area (Å²) in [7, 11) is 0. The molecule has 6 nitrogen and oxygen atoms in total. The van der Waals surface area contributed by atoms with Crippen LogP contribution in [0.25, 0.3) is 0 Å². The molecule has 29 heavy (non-hydrogen) atoms. The number of carbonyl (C=O) groups excluding carboxylic acids is 3. The van der Waals surface area contributed by atoms with Crippen LogP contribution in [0.3, 0.4) is 0 Å². The van der Waals surface area contributed by atoms with Crippen molar-refractivity contribution in [3.05, 3.63) is 63.6 Å². The van der Waals surface area contributed by atoms with E-state index in [0.29, 0.717) is 21.3 Å². The molecule has 2 N–H and O–H groups in total. The molecule has 0 fully saturated rings. The average molecular weight is 437 g/mol. The third-order valence-corrected chi connectivity index (χ3v) is 4.35. The highest BCUT2D eigenvalue weighted by Crippen LogP contribution is 2.23. The van der Waals surface area contributed by atoms with E-state index in [1.807, 2.05) is 12.1 Å². The monoisotopic (exact) mass is 436 g/mol. The summed E-state index contributed by atoms with van der Waals surface area (Å²) >= 11 is 11.7. The van der Waals surface area contributed by atoms with Gasteiger partial charge in [-0.3, -0.25) is 14.4 Å². The SMILES string of the molecule is CC(C)(C)c1ccc(C(=O)NCC(=O)OCC(=O)Nc2cc(Cl)cc(Cl)c2)cc1. The zero-order valence-electron chi connectivity index (χ0n) is 16.3. The number of amides is 2. The average Bonchev–Trinajstić information content (AvgIpc) is 2.63. The number of hydrogen-bond acceptors (Lipinski definition) is 4. The van der Waals surface area contributed by atoms with E-state index in [4.69, 9.17) is 27.9 Å². The molecule has 0 aromatic heterocycles. The first kappa shape index (κ1) is 22.7. The molecule has 2 rings (SSSR count). The van der Waals surface area contributed by atoms with E-state index in [-0.39, 0.29) is 12.0 Å². The number of anilines is 1. The Morgan fingerprint density at radius 3 is 2.10 bits per heavy atom. The first-order valence-corrected chi connectivity index (χ1v) is 9.60. The Balaban J connectivity index is 1.77. The lowest BCUT2D eigenvalue weighted by atomic mass is 9.87. The van der Waals surface area contributed by atoms with E-state index in [2.05, 4.69) is 31.4 Å². The second-order valence-corrected chi connectivity index (χ2v) is 8.25. The number of hydrogen-bond donors (Lipinski definition) is 2. The standard InChI is InChI=1S/C21H22Cl2N2O4/c1-21(2,3)14-6-4-13(5-7-14)20(28)24-11-19(27)29-12-18(26)25-17-9-15(22)8-16(23)10-17/h4-10H,11-12H2,1-3H3,(H,24,28)(H,25,26). The first-order chi connectivity index (χ1) is 13.5. The lowest BCUT2D eigenvalue weighted by Crippen LogP contribution is -2.32. The van der Waals surface area contributed by atoms with Crippen LogP contribution in [-0.2, 0) is 19.7 Å². The lowest BCUT2D eigenvalue weighted by molar-refractivity contribution is -0.146. The largest absolute Gasteiger partial charge is 0.454 e. The second-order valence-electron chi connectivity index (χ2n) is 7.38. The summed E-state index contributed by atoms with van der Waals surface area (Å²) in [6.45, 7) is 5.38. The van der Waals surface area contributed by atoms with Gasteiger partial charge in [-0.1, -0.05) is 56.1 Å². The summed E-state index contributed by atoms with van der Waals surface area (Å²) in [4.78, 5) is 35.8. The summed E-state index contributed by atoms with van der Waals surface area (Å²) < 4.78 is 4.85. The van der Waals surface area contributed by atoms with Gasteiger partial charge >= 0.3 is 5.97 Å². The molecule has 0 aliphatic rings. The fraction of sp³-hybridized carbons (Fsp3) is 0.286. The predicted molar refractivity (Wildman–Crippen MR) is 114 cm³/mol. The number of nitrogens with one attached hydrogen (secondary N) is 2. The maximum atomic E-state index is 12.1. The molecule has 0 spiro atoms. The first-order valence-electron chi connectivity index (χ1n) is 8.85. The molecule has 0 atom stereocenters. The van der Waals surface area contributed by atoms with Gasteiger partial charge in [0.15, 0.2) is 6.61 Å². The van der Waals surface area contributed by atoms with Gasteiger partial charge in [0.05, 0.1) is 0 Å². The Labute approximate surface area is 179 Å². The molecule has 2 aromatic rings. The van der Waals surface area contributed by atoms with E-state index < -0.39 is 24.4 Å². The number of esters is 1. The van der Waals surface area contributed by atoms with Crippen molar-refractivity contribution in [1.29, 1.82) is 0 Å². The maximum absolute atomic E-state index is 12.1. The molecule has 0 unspecified atom stereocenters. The second kappa shape index (κ2) is 9.76. The Hall–Kier alpha value is -2.57. The van der Waals surface area contributed by atoms with Crippen molar-refractivity contribution in [1.82, 2.24) is 5.32 Å². The smallest absolute Gasteiger partial charge is 0.325 e. The van der Waals surface area contributed by atoms with E-state index in [9.17, 15) is 14.4 Å². The number of rotatable bonds is 6. The molecule has 0 aliphatic carbocycles. The summed E-state index contributed by atoms with van der Waals surface area (Å²) in [6, 6.07) is 11.7. The summed E-state index contributed by atoms with van der Waals surface area (Å²) in [5.41, 5.74) is 1.90.